The molecule has 7 heteroatoms. The van der Waals surface area contributed by atoms with Crippen LogP contribution >= 0.6 is 0 Å². The number of anilines is 2. The van der Waals surface area contributed by atoms with E-state index in [0.717, 1.165) is 37.6 Å². The van der Waals surface area contributed by atoms with Gasteiger partial charge in [0, 0.05) is 50.7 Å². The summed E-state index contributed by atoms with van der Waals surface area (Å²) in [4.78, 5) is 27.4. The van der Waals surface area contributed by atoms with Gasteiger partial charge in [0.25, 0.3) is 5.56 Å². The van der Waals surface area contributed by atoms with Gasteiger partial charge in [-0.1, -0.05) is 13.8 Å². The van der Waals surface area contributed by atoms with Gasteiger partial charge in [-0.05, 0) is 18.9 Å². The first kappa shape index (κ1) is 16.4. The van der Waals surface area contributed by atoms with Crippen molar-refractivity contribution in [2.24, 2.45) is 7.05 Å². The number of nitrogens with one attached hydrogen (secondary N) is 1. The molecule has 2 aromatic heterocycles. The van der Waals surface area contributed by atoms with Crippen molar-refractivity contribution in [2.45, 2.75) is 38.6 Å². The van der Waals surface area contributed by atoms with Crippen LogP contribution < -0.4 is 15.8 Å². The molecular weight excluding hydrogens is 304 g/mol. The van der Waals surface area contributed by atoms with Gasteiger partial charge >= 0.3 is 0 Å². The second-order valence-corrected chi connectivity index (χ2v) is 6.53. The molecule has 1 fully saturated rings. The Hall–Kier alpha value is -2.44. The Bertz CT molecular complexity index is 749. The highest BCUT2D eigenvalue weighted by Crippen LogP contribution is 2.18. The fourth-order valence-electron chi connectivity index (χ4n) is 2.88. The van der Waals surface area contributed by atoms with Gasteiger partial charge in [0.05, 0.1) is 0 Å². The fraction of sp³-hybridized carbons (Fsp3) is 0.529. The van der Waals surface area contributed by atoms with E-state index in [1.54, 1.807) is 30.2 Å². The summed E-state index contributed by atoms with van der Waals surface area (Å²) in [6, 6.07) is 2.26. The second-order valence-electron chi connectivity index (χ2n) is 6.53. The highest BCUT2D eigenvalue weighted by atomic mass is 16.1. The Morgan fingerprint density at radius 1 is 1.21 bits per heavy atom. The molecule has 1 aliphatic rings. The molecule has 0 amide bonds. The first-order valence-electron chi connectivity index (χ1n) is 8.40. The lowest BCUT2D eigenvalue weighted by atomic mass is 10.1. The number of aryl methyl sites for hydroxylation is 1. The average Bonchev–Trinajstić information content (AvgIpc) is 2.58. The monoisotopic (exact) mass is 328 g/mol. The minimum atomic E-state index is -0.0405. The molecule has 0 radical (unpaired) electrons. The van der Waals surface area contributed by atoms with Gasteiger partial charge in [-0.15, -0.1) is 0 Å². The van der Waals surface area contributed by atoms with Gasteiger partial charge in [-0.2, -0.15) is 0 Å². The zero-order chi connectivity index (χ0) is 17.1. The van der Waals surface area contributed by atoms with E-state index in [4.69, 9.17) is 0 Å². The maximum Gasteiger partial charge on any atom is 0.293 e. The van der Waals surface area contributed by atoms with Crippen LogP contribution in [0.1, 0.15) is 38.4 Å². The van der Waals surface area contributed by atoms with Crippen LogP contribution in [0.15, 0.2) is 29.5 Å². The topological polar surface area (TPSA) is 75.9 Å². The standard InChI is InChI=1S/C17H24N6O/c1-12(2)15-18-7-4-14(21-15)20-13-5-9-23(10-6-13)16-17(24)22(3)11-8-19-16/h4,7-8,11-13H,5-6,9-10H2,1-3H3,(H,18,20,21). The Balaban J connectivity index is 1.62. The van der Waals surface area contributed by atoms with Crippen LogP contribution in [-0.4, -0.2) is 38.7 Å². The van der Waals surface area contributed by atoms with Gasteiger partial charge in [0.2, 0.25) is 0 Å². The Labute approximate surface area is 141 Å². The Morgan fingerprint density at radius 3 is 2.67 bits per heavy atom. The molecule has 3 rings (SSSR count). The van der Waals surface area contributed by atoms with E-state index in [1.165, 1.54) is 0 Å². The molecule has 2 aromatic rings. The van der Waals surface area contributed by atoms with Gasteiger partial charge < -0.3 is 14.8 Å². The molecule has 128 valence electrons. The average molecular weight is 328 g/mol. The van der Waals surface area contributed by atoms with Crippen molar-refractivity contribution >= 4 is 11.6 Å². The molecule has 0 unspecified atom stereocenters. The molecule has 0 bridgehead atoms. The number of nitrogens with zero attached hydrogens (tertiary/aromatic N) is 5. The number of rotatable bonds is 4. The summed E-state index contributed by atoms with van der Waals surface area (Å²) in [5, 5.41) is 3.49. The summed E-state index contributed by atoms with van der Waals surface area (Å²) in [7, 11) is 1.75. The van der Waals surface area contributed by atoms with E-state index in [1.807, 2.05) is 6.07 Å². The van der Waals surface area contributed by atoms with Crippen molar-refractivity contribution in [3.05, 3.63) is 40.8 Å². The summed E-state index contributed by atoms with van der Waals surface area (Å²) in [6.45, 7) is 5.80. The normalized spacial score (nSPS) is 15.8. The van der Waals surface area contributed by atoms with Crippen LogP contribution in [0.5, 0.6) is 0 Å². The lowest BCUT2D eigenvalue weighted by Crippen LogP contribution is -2.42. The zero-order valence-electron chi connectivity index (χ0n) is 14.4. The highest BCUT2D eigenvalue weighted by molar-refractivity contribution is 5.39. The third-order valence-electron chi connectivity index (χ3n) is 4.34. The van der Waals surface area contributed by atoms with Gasteiger partial charge in [-0.3, -0.25) is 4.79 Å². The first-order valence-corrected chi connectivity index (χ1v) is 8.40. The molecule has 0 aromatic carbocycles. The predicted octanol–water partition coefficient (Wildman–Crippen LogP) is 1.77. The smallest absolute Gasteiger partial charge is 0.293 e. The summed E-state index contributed by atoms with van der Waals surface area (Å²) in [5.41, 5.74) is -0.0405. The fourth-order valence-corrected chi connectivity index (χ4v) is 2.88. The van der Waals surface area contributed by atoms with Crippen LogP contribution in [0.3, 0.4) is 0 Å². The van der Waals surface area contributed by atoms with Gasteiger partial charge in [-0.25, -0.2) is 15.0 Å². The van der Waals surface area contributed by atoms with Crippen LogP contribution in [-0.2, 0) is 7.05 Å². The van der Waals surface area contributed by atoms with Gasteiger partial charge in [0.15, 0.2) is 5.82 Å². The van der Waals surface area contributed by atoms with Crippen molar-refractivity contribution in [3.63, 3.8) is 0 Å². The second kappa shape index (κ2) is 6.98. The van der Waals surface area contributed by atoms with Gasteiger partial charge in [0.1, 0.15) is 11.6 Å². The van der Waals surface area contributed by atoms with E-state index in [9.17, 15) is 4.79 Å². The van der Waals surface area contributed by atoms with E-state index in [-0.39, 0.29) is 5.56 Å². The van der Waals surface area contributed by atoms with E-state index in [0.29, 0.717) is 17.8 Å². The summed E-state index contributed by atoms with van der Waals surface area (Å²) in [5.74, 6) is 2.59. The molecule has 0 spiro atoms. The van der Waals surface area contributed by atoms with E-state index < -0.39 is 0 Å². The molecule has 3 heterocycles. The van der Waals surface area contributed by atoms with Crippen molar-refractivity contribution < 1.29 is 0 Å². The van der Waals surface area contributed by atoms with Crippen LogP contribution in [0, 0.1) is 0 Å². The quantitative estimate of drug-likeness (QED) is 0.922. The lowest BCUT2D eigenvalue weighted by Gasteiger charge is -2.33. The minimum Gasteiger partial charge on any atom is -0.367 e. The zero-order valence-corrected chi connectivity index (χ0v) is 14.4. The maximum absolute atomic E-state index is 12.2. The molecule has 1 N–H and O–H groups in total. The van der Waals surface area contributed by atoms with Crippen molar-refractivity contribution in [1.29, 1.82) is 0 Å². The van der Waals surface area contributed by atoms with Crippen molar-refractivity contribution in [2.75, 3.05) is 23.3 Å². The first-order chi connectivity index (χ1) is 11.5. The molecule has 1 saturated heterocycles. The number of hydrogen-bond acceptors (Lipinski definition) is 6. The van der Waals surface area contributed by atoms with Crippen LogP contribution in [0.25, 0.3) is 0 Å². The molecule has 7 nitrogen and oxygen atoms in total. The van der Waals surface area contributed by atoms with Crippen molar-refractivity contribution in [3.8, 4) is 0 Å². The molecule has 0 atom stereocenters. The highest BCUT2D eigenvalue weighted by Gasteiger charge is 2.22. The number of aromatic nitrogens is 4. The van der Waals surface area contributed by atoms with E-state index >= 15 is 0 Å². The number of hydrogen-bond donors (Lipinski definition) is 1. The summed E-state index contributed by atoms with van der Waals surface area (Å²) < 4.78 is 1.57. The third-order valence-corrected chi connectivity index (χ3v) is 4.34. The molecule has 24 heavy (non-hydrogen) atoms. The lowest BCUT2D eigenvalue weighted by molar-refractivity contribution is 0.519. The maximum atomic E-state index is 12.2. The van der Waals surface area contributed by atoms with Crippen molar-refractivity contribution in [1.82, 2.24) is 19.5 Å². The molecule has 0 saturated carbocycles. The Kier molecular flexibility index (Phi) is 4.78. The Morgan fingerprint density at radius 2 is 1.96 bits per heavy atom. The summed E-state index contributed by atoms with van der Waals surface area (Å²) in [6.07, 6.45) is 7.05. The molecular formula is C17H24N6O. The largest absolute Gasteiger partial charge is 0.367 e. The van der Waals surface area contributed by atoms with Crippen LogP contribution in [0.4, 0.5) is 11.6 Å². The predicted molar refractivity (Wildman–Crippen MR) is 94.5 cm³/mol. The number of piperidine rings is 1. The summed E-state index contributed by atoms with van der Waals surface area (Å²) >= 11 is 0. The third kappa shape index (κ3) is 3.55. The molecule has 1 aliphatic heterocycles. The van der Waals surface area contributed by atoms with E-state index in [2.05, 4.69) is 39.0 Å². The minimum absolute atomic E-state index is 0.0405. The molecule has 0 aliphatic carbocycles. The SMILES string of the molecule is CC(C)c1nccc(NC2CCN(c3nccn(C)c3=O)CC2)n1. The van der Waals surface area contributed by atoms with Crippen LogP contribution in [0.2, 0.25) is 0 Å².